The van der Waals surface area contributed by atoms with Crippen LogP contribution >= 0.6 is 0 Å². The van der Waals surface area contributed by atoms with Gasteiger partial charge in [0.05, 0.1) is 35.2 Å². The van der Waals surface area contributed by atoms with Crippen molar-refractivity contribution in [2.24, 2.45) is 4.40 Å². The van der Waals surface area contributed by atoms with E-state index in [0.29, 0.717) is 66.8 Å². The highest BCUT2D eigenvalue weighted by Gasteiger charge is 2.33. The normalized spacial score (nSPS) is 20.8. The van der Waals surface area contributed by atoms with E-state index in [4.69, 9.17) is 14.5 Å². The molecule has 7 nitrogen and oxygen atoms in total. The molecular weight excluding hydrogens is 395 g/mol. The van der Waals surface area contributed by atoms with Gasteiger partial charge in [-0.15, -0.1) is 0 Å². The number of hydrogen-bond donors (Lipinski definition) is 0. The van der Waals surface area contributed by atoms with Crippen LogP contribution in [0, 0.1) is 5.82 Å². The monoisotopic (exact) mass is 420 g/mol. The first-order chi connectivity index (χ1) is 13.8. The second-order valence-electron chi connectivity index (χ2n) is 8.16. The van der Waals surface area contributed by atoms with E-state index in [1.54, 1.807) is 0 Å². The highest BCUT2D eigenvalue weighted by atomic mass is 32.2. The molecule has 2 aliphatic rings. The summed E-state index contributed by atoms with van der Waals surface area (Å²) in [6, 6.07) is 2.82. The Labute approximate surface area is 171 Å². The van der Waals surface area contributed by atoms with E-state index in [1.807, 2.05) is 27.7 Å². The number of ether oxygens (including phenoxy) is 2. The summed E-state index contributed by atoms with van der Waals surface area (Å²) in [6.07, 6.45) is 0.496. The number of hydrogen-bond acceptors (Lipinski definition) is 6. The minimum Gasteiger partial charge on any atom is -0.473 e. The molecule has 0 amide bonds. The smallest absolute Gasteiger partial charge is 0.258 e. The standard InChI is InChI=1S/C20H25FN4O3S/c1-5-15(24-29(26)20(2,3)4)14-8-12(21)9-16-17(14)23-18-19(22-16)28-11-13-10-27-7-6-25(13)18/h8-9,13H,5-7,10-11H2,1-4H3/b24-15+/t13-,29+/m0/s1. The van der Waals surface area contributed by atoms with Crippen molar-refractivity contribution in [3.63, 3.8) is 0 Å². The van der Waals surface area contributed by atoms with Gasteiger partial charge in [-0.05, 0) is 33.3 Å². The summed E-state index contributed by atoms with van der Waals surface area (Å²) >= 11 is 0. The highest BCUT2D eigenvalue weighted by Crippen LogP contribution is 2.34. The van der Waals surface area contributed by atoms with Crippen molar-refractivity contribution in [3.8, 4) is 5.88 Å². The van der Waals surface area contributed by atoms with E-state index in [0.717, 1.165) is 0 Å². The average molecular weight is 421 g/mol. The van der Waals surface area contributed by atoms with Crippen molar-refractivity contribution in [3.05, 3.63) is 23.5 Å². The zero-order valence-corrected chi connectivity index (χ0v) is 17.9. The van der Waals surface area contributed by atoms with Crippen LogP contribution in [0.25, 0.3) is 11.0 Å². The first-order valence-corrected chi connectivity index (χ1v) is 10.9. The Morgan fingerprint density at radius 2 is 2.14 bits per heavy atom. The molecule has 4 rings (SSSR count). The lowest BCUT2D eigenvalue weighted by Gasteiger charge is -2.39. The quantitative estimate of drug-likeness (QED) is 0.711. The van der Waals surface area contributed by atoms with Crippen LogP contribution in [-0.2, 0) is 15.7 Å². The lowest BCUT2D eigenvalue weighted by Crippen LogP contribution is -2.51. The first-order valence-electron chi connectivity index (χ1n) is 9.76. The van der Waals surface area contributed by atoms with Gasteiger partial charge in [-0.2, -0.15) is 4.40 Å². The maximum Gasteiger partial charge on any atom is 0.258 e. The van der Waals surface area contributed by atoms with Gasteiger partial charge in [0.2, 0.25) is 0 Å². The Balaban J connectivity index is 1.88. The van der Waals surface area contributed by atoms with Crippen LogP contribution in [0.5, 0.6) is 5.88 Å². The zero-order valence-electron chi connectivity index (χ0n) is 17.1. The molecule has 2 aromatic rings. The van der Waals surface area contributed by atoms with Gasteiger partial charge in [-0.25, -0.2) is 18.6 Å². The third kappa shape index (κ3) is 3.85. The van der Waals surface area contributed by atoms with Gasteiger partial charge < -0.3 is 14.4 Å². The fourth-order valence-corrected chi connectivity index (χ4v) is 4.09. The molecule has 156 valence electrons. The van der Waals surface area contributed by atoms with Gasteiger partial charge >= 0.3 is 0 Å². The molecule has 0 radical (unpaired) electrons. The Morgan fingerprint density at radius 3 is 2.86 bits per heavy atom. The Morgan fingerprint density at radius 1 is 1.34 bits per heavy atom. The number of nitrogens with zero attached hydrogens (tertiary/aromatic N) is 4. The molecule has 1 aromatic heterocycles. The second-order valence-corrected chi connectivity index (χ2v) is 10.1. The first kappa shape index (κ1) is 20.2. The number of rotatable bonds is 3. The number of fused-ring (bicyclic) bond motifs is 4. The number of benzene rings is 1. The van der Waals surface area contributed by atoms with Crippen LogP contribution in [-0.4, -0.2) is 57.0 Å². The molecule has 0 bridgehead atoms. The molecule has 0 spiro atoms. The number of anilines is 1. The SMILES string of the molecule is CC/C(=N\[S@](=O)C(C)(C)C)c1cc(F)cc2nc3c(nc12)N1CCOC[C@H]1CO3. The molecule has 0 aliphatic carbocycles. The summed E-state index contributed by atoms with van der Waals surface area (Å²) in [6.45, 7) is 9.81. The zero-order chi connectivity index (χ0) is 20.8. The topological polar surface area (TPSA) is 76.9 Å². The predicted molar refractivity (Wildman–Crippen MR) is 112 cm³/mol. The highest BCUT2D eigenvalue weighted by molar-refractivity contribution is 7.85. The molecule has 1 saturated heterocycles. The van der Waals surface area contributed by atoms with E-state index in [-0.39, 0.29) is 6.04 Å². The van der Waals surface area contributed by atoms with Crippen LogP contribution in [0.4, 0.5) is 10.2 Å². The molecule has 2 atom stereocenters. The van der Waals surface area contributed by atoms with E-state index >= 15 is 0 Å². The van der Waals surface area contributed by atoms with Crippen LogP contribution in [0.3, 0.4) is 0 Å². The number of morpholine rings is 1. The molecule has 1 aromatic carbocycles. The van der Waals surface area contributed by atoms with Crippen molar-refractivity contribution in [1.29, 1.82) is 0 Å². The van der Waals surface area contributed by atoms with Crippen LogP contribution in [0.1, 0.15) is 39.7 Å². The summed E-state index contributed by atoms with van der Waals surface area (Å²) in [7, 11) is -1.46. The molecule has 2 aliphatic heterocycles. The van der Waals surface area contributed by atoms with E-state index in [2.05, 4.69) is 14.3 Å². The Hall–Kier alpha value is -2.13. The number of aromatic nitrogens is 2. The van der Waals surface area contributed by atoms with Crippen molar-refractivity contribution in [2.75, 3.05) is 31.3 Å². The fourth-order valence-electron chi connectivity index (χ4n) is 3.39. The summed E-state index contributed by atoms with van der Waals surface area (Å²) < 4.78 is 42.2. The van der Waals surface area contributed by atoms with Crippen LogP contribution < -0.4 is 9.64 Å². The average Bonchev–Trinajstić information content (AvgIpc) is 2.69. The van der Waals surface area contributed by atoms with Crippen molar-refractivity contribution < 1.29 is 18.1 Å². The molecule has 0 saturated carbocycles. The van der Waals surface area contributed by atoms with E-state index < -0.39 is 21.5 Å². The van der Waals surface area contributed by atoms with Crippen molar-refractivity contribution in [2.45, 2.75) is 44.9 Å². The van der Waals surface area contributed by atoms with Crippen molar-refractivity contribution in [1.82, 2.24) is 9.97 Å². The summed E-state index contributed by atoms with van der Waals surface area (Å²) in [4.78, 5) is 11.5. The molecular formula is C20H25FN4O3S. The predicted octanol–water partition coefficient (Wildman–Crippen LogP) is 3.03. The van der Waals surface area contributed by atoms with Crippen molar-refractivity contribution >= 4 is 33.5 Å². The summed E-state index contributed by atoms with van der Waals surface area (Å²) in [5.74, 6) is 0.599. The minimum absolute atomic E-state index is 0.0830. The fraction of sp³-hybridized carbons (Fsp3) is 0.550. The maximum absolute atomic E-state index is 14.4. The van der Waals surface area contributed by atoms with Crippen LogP contribution in [0.15, 0.2) is 16.5 Å². The molecule has 29 heavy (non-hydrogen) atoms. The maximum atomic E-state index is 14.4. The van der Waals surface area contributed by atoms with Gasteiger partial charge in [-0.1, -0.05) is 6.92 Å². The third-order valence-corrected chi connectivity index (χ3v) is 6.39. The van der Waals surface area contributed by atoms with E-state index in [1.165, 1.54) is 12.1 Å². The minimum atomic E-state index is -1.46. The largest absolute Gasteiger partial charge is 0.473 e. The lowest BCUT2D eigenvalue weighted by molar-refractivity contribution is 0.0686. The number of halogens is 1. The van der Waals surface area contributed by atoms with Gasteiger partial charge in [0.15, 0.2) is 5.82 Å². The second kappa shape index (κ2) is 7.60. The molecule has 0 N–H and O–H groups in total. The van der Waals surface area contributed by atoms with Gasteiger partial charge in [0, 0.05) is 18.2 Å². The van der Waals surface area contributed by atoms with Gasteiger partial charge in [-0.3, -0.25) is 0 Å². The van der Waals surface area contributed by atoms with Gasteiger partial charge in [0.1, 0.15) is 28.9 Å². The summed E-state index contributed by atoms with van der Waals surface area (Å²) in [5, 5.41) is 0. The Bertz CT molecular complexity index is 1010. The molecule has 3 heterocycles. The molecule has 9 heteroatoms. The molecule has 1 fully saturated rings. The lowest BCUT2D eigenvalue weighted by atomic mass is 10.1. The Kier molecular flexibility index (Phi) is 5.29. The van der Waals surface area contributed by atoms with Gasteiger partial charge in [0.25, 0.3) is 5.88 Å². The third-order valence-electron chi connectivity index (χ3n) is 4.96. The summed E-state index contributed by atoms with van der Waals surface area (Å²) in [5.41, 5.74) is 2.00. The molecule has 0 unspecified atom stereocenters. The van der Waals surface area contributed by atoms with E-state index in [9.17, 15) is 8.60 Å². The van der Waals surface area contributed by atoms with Crippen LogP contribution in [0.2, 0.25) is 0 Å².